The molecule has 4 heteroatoms. The standard InChI is InChI=1S/C15H14N2O2/c1-19-15-7-6-13(10-12(15)4-3-9-18)17-14-5-2-8-16-11-14/h2-3,5-8,10-11,17H,4H2,1H3. The normalized spacial score (nSPS) is 9.53. The molecule has 0 atom stereocenters. The molecule has 0 amide bonds. The van der Waals surface area contributed by atoms with Crippen LogP contribution in [0.5, 0.6) is 5.75 Å². The number of benzene rings is 1. The summed E-state index contributed by atoms with van der Waals surface area (Å²) < 4.78 is 5.26. The number of hydrogen-bond acceptors (Lipinski definition) is 4. The zero-order valence-electron chi connectivity index (χ0n) is 10.6. The molecule has 1 aromatic carbocycles. The van der Waals surface area contributed by atoms with Gasteiger partial charge in [0.2, 0.25) is 0 Å². The SMILES string of the molecule is COc1ccc(Nc2cccnc2)cc1CC=C=O. The van der Waals surface area contributed by atoms with Crippen molar-refractivity contribution in [2.75, 3.05) is 12.4 Å². The van der Waals surface area contributed by atoms with Gasteiger partial charge >= 0.3 is 0 Å². The topological polar surface area (TPSA) is 51.2 Å². The summed E-state index contributed by atoms with van der Waals surface area (Å²) in [6, 6.07) is 9.52. The molecule has 0 radical (unpaired) electrons. The molecule has 0 saturated heterocycles. The van der Waals surface area contributed by atoms with Crippen molar-refractivity contribution >= 4 is 17.3 Å². The zero-order valence-corrected chi connectivity index (χ0v) is 10.6. The van der Waals surface area contributed by atoms with Crippen molar-refractivity contribution in [2.45, 2.75) is 6.42 Å². The van der Waals surface area contributed by atoms with Crippen LogP contribution in [-0.2, 0) is 11.2 Å². The van der Waals surface area contributed by atoms with Gasteiger partial charge in [-0.05, 0) is 30.3 Å². The summed E-state index contributed by atoms with van der Waals surface area (Å²) in [6.07, 6.45) is 5.40. The minimum Gasteiger partial charge on any atom is -0.496 e. The number of pyridine rings is 1. The maximum Gasteiger partial charge on any atom is 0.122 e. The van der Waals surface area contributed by atoms with Gasteiger partial charge in [0, 0.05) is 29.9 Å². The van der Waals surface area contributed by atoms with Crippen molar-refractivity contribution in [3.63, 3.8) is 0 Å². The molecular formula is C15H14N2O2. The molecule has 0 fully saturated rings. The fourth-order valence-electron chi connectivity index (χ4n) is 1.77. The average molecular weight is 254 g/mol. The number of ether oxygens (including phenoxy) is 1. The Balaban J connectivity index is 2.24. The van der Waals surface area contributed by atoms with Gasteiger partial charge in [0.15, 0.2) is 0 Å². The van der Waals surface area contributed by atoms with E-state index in [1.165, 1.54) is 6.08 Å². The van der Waals surface area contributed by atoms with Crippen LogP contribution in [0.15, 0.2) is 48.8 Å². The Kier molecular flexibility index (Phi) is 4.32. The number of carbonyl (C=O) groups excluding carboxylic acids is 1. The fraction of sp³-hybridized carbons (Fsp3) is 0.133. The average Bonchev–Trinajstić information content (AvgIpc) is 2.46. The summed E-state index contributed by atoms with van der Waals surface area (Å²) in [4.78, 5) is 14.4. The first-order valence-corrected chi connectivity index (χ1v) is 5.87. The molecule has 0 spiro atoms. The van der Waals surface area contributed by atoms with Gasteiger partial charge in [0.05, 0.1) is 19.0 Å². The number of hydrogen-bond donors (Lipinski definition) is 1. The number of nitrogens with zero attached hydrogens (tertiary/aromatic N) is 1. The zero-order chi connectivity index (χ0) is 13.5. The number of aromatic nitrogens is 1. The summed E-state index contributed by atoms with van der Waals surface area (Å²) in [5.74, 6) is 2.53. The number of anilines is 2. The highest BCUT2D eigenvalue weighted by Gasteiger charge is 2.03. The molecule has 4 nitrogen and oxygen atoms in total. The van der Waals surface area contributed by atoms with E-state index in [2.05, 4.69) is 10.3 Å². The van der Waals surface area contributed by atoms with Crippen LogP contribution in [-0.4, -0.2) is 18.0 Å². The first kappa shape index (κ1) is 12.9. The molecule has 0 aliphatic carbocycles. The Labute approximate surface area is 111 Å². The maximum absolute atomic E-state index is 10.3. The third kappa shape index (κ3) is 3.44. The van der Waals surface area contributed by atoms with Crippen LogP contribution < -0.4 is 10.1 Å². The van der Waals surface area contributed by atoms with E-state index in [0.29, 0.717) is 6.42 Å². The van der Waals surface area contributed by atoms with Crippen LogP contribution in [0.1, 0.15) is 5.56 Å². The summed E-state index contributed by atoms with van der Waals surface area (Å²) in [5, 5.41) is 3.24. The second kappa shape index (κ2) is 6.38. The highest BCUT2D eigenvalue weighted by molar-refractivity contribution is 5.61. The molecule has 0 aliphatic heterocycles. The highest BCUT2D eigenvalue weighted by Crippen LogP contribution is 2.25. The lowest BCUT2D eigenvalue weighted by molar-refractivity contribution is 0.411. The number of rotatable bonds is 5. The molecule has 19 heavy (non-hydrogen) atoms. The third-order valence-corrected chi connectivity index (χ3v) is 2.64. The number of nitrogens with one attached hydrogen (secondary N) is 1. The largest absolute Gasteiger partial charge is 0.496 e. The molecular weight excluding hydrogens is 240 g/mol. The van der Waals surface area contributed by atoms with Gasteiger partial charge in [-0.2, -0.15) is 0 Å². The lowest BCUT2D eigenvalue weighted by Gasteiger charge is -2.10. The van der Waals surface area contributed by atoms with E-state index in [4.69, 9.17) is 4.74 Å². The van der Waals surface area contributed by atoms with E-state index in [1.807, 2.05) is 30.3 Å². The Morgan fingerprint density at radius 2 is 2.26 bits per heavy atom. The lowest BCUT2D eigenvalue weighted by atomic mass is 10.1. The smallest absolute Gasteiger partial charge is 0.122 e. The van der Waals surface area contributed by atoms with Gasteiger partial charge in [0.25, 0.3) is 0 Å². The second-order valence-corrected chi connectivity index (χ2v) is 3.92. The van der Waals surface area contributed by atoms with Crippen molar-refractivity contribution in [1.82, 2.24) is 4.98 Å². The molecule has 2 rings (SSSR count). The van der Waals surface area contributed by atoms with Crippen molar-refractivity contribution in [3.8, 4) is 5.75 Å². The van der Waals surface area contributed by atoms with Gasteiger partial charge in [-0.3, -0.25) is 4.98 Å². The van der Waals surface area contributed by atoms with Crippen molar-refractivity contribution in [3.05, 3.63) is 54.4 Å². The van der Waals surface area contributed by atoms with Gasteiger partial charge in [-0.25, -0.2) is 4.79 Å². The van der Waals surface area contributed by atoms with E-state index in [9.17, 15) is 4.79 Å². The molecule has 0 bridgehead atoms. The minimum atomic E-state index is 0.495. The van der Waals surface area contributed by atoms with Crippen molar-refractivity contribution in [1.29, 1.82) is 0 Å². The highest BCUT2D eigenvalue weighted by atomic mass is 16.5. The molecule has 1 heterocycles. The molecule has 96 valence electrons. The summed E-state index contributed by atoms with van der Waals surface area (Å²) in [7, 11) is 1.61. The Morgan fingerprint density at radius 1 is 1.37 bits per heavy atom. The van der Waals surface area contributed by atoms with Crippen LogP contribution in [0.2, 0.25) is 0 Å². The second-order valence-electron chi connectivity index (χ2n) is 3.92. The van der Waals surface area contributed by atoms with E-state index in [-0.39, 0.29) is 0 Å². The summed E-state index contributed by atoms with van der Waals surface area (Å²) >= 11 is 0. The molecule has 2 aromatic rings. The molecule has 1 N–H and O–H groups in total. The Hall–Kier alpha value is -2.58. The number of allylic oxidation sites excluding steroid dienone is 1. The van der Waals surface area contributed by atoms with E-state index < -0.39 is 0 Å². The van der Waals surface area contributed by atoms with Gasteiger partial charge in [-0.1, -0.05) is 0 Å². The monoisotopic (exact) mass is 254 g/mol. The molecule has 0 aliphatic rings. The third-order valence-electron chi connectivity index (χ3n) is 2.64. The molecule has 1 aromatic heterocycles. The van der Waals surface area contributed by atoms with E-state index in [1.54, 1.807) is 25.4 Å². The minimum absolute atomic E-state index is 0.495. The predicted octanol–water partition coefficient (Wildman–Crippen LogP) is 2.76. The van der Waals surface area contributed by atoms with Crippen LogP contribution in [0.25, 0.3) is 0 Å². The fourth-order valence-corrected chi connectivity index (χ4v) is 1.77. The van der Waals surface area contributed by atoms with Crippen LogP contribution >= 0.6 is 0 Å². The predicted molar refractivity (Wildman–Crippen MR) is 74.5 cm³/mol. The number of methoxy groups -OCH3 is 1. The molecule has 0 saturated carbocycles. The Bertz CT molecular complexity index is 590. The first-order valence-electron chi connectivity index (χ1n) is 5.87. The summed E-state index contributed by atoms with van der Waals surface area (Å²) in [6.45, 7) is 0. The first-order chi connectivity index (χ1) is 9.33. The Morgan fingerprint density at radius 3 is 2.95 bits per heavy atom. The summed E-state index contributed by atoms with van der Waals surface area (Å²) in [5.41, 5.74) is 2.76. The molecule has 0 unspecified atom stereocenters. The quantitative estimate of drug-likeness (QED) is 0.833. The van der Waals surface area contributed by atoms with Crippen molar-refractivity contribution < 1.29 is 9.53 Å². The van der Waals surface area contributed by atoms with Crippen molar-refractivity contribution in [2.24, 2.45) is 0 Å². The van der Waals surface area contributed by atoms with Gasteiger partial charge in [-0.15, -0.1) is 0 Å². The van der Waals surface area contributed by atoms with Crippen LogP contribution in [0, 0.1) is 0 Å². The van der Waals surface area contributed by atoms with Gasteiger partial charge in [0.1, 0.15) is 11.7 Å². The van der Waals surface area contributed by atoms with E-state index in [0.717, 1.165) is 22.7 Å². The maximum atomic E-state index is 10.3. The van der Waals surface area contributed by atoms with Gasteiger partial charge < -0.3 is 10.1 Å². The van der Waals surface area contributed by atoms with Crippen LogP contribution in [0.3, 0.4) is 0 Å². The van der Waals surface area contributed by atoms with Crippen LogP contribution in [0.4, 0.5) is 11.4 Å². The van der Waals surface area contributed by atoms with E-state index >= 15 is 0 Å². The lowest BCUT2D eigenvalue weighted by Crippen LogP contribution is -1.95.